The minimum absolute atomic E-state index is 0.163. The van der Waals surface area contributed by atoms with Crippen molar-refractivity contribution in [3.8, 4) is 0 Å². The number of aryl methyl sites for hydroxylation is 1. The van der Waals surface area contributed by atoms with Gasteiger partial charge in [0.1, 0.15) is 17.8 Å². The van der Waals surface area contributed by atoms with Crippen LogP contribution in [0.3, 0.4) is 0 Å². The van der Waals surface area contributed by atoms with Gasteiger partial charge in [-0.2, -0.15) is 0 Å². The number of nitrogens with zero attached hydrogens (tertiary/aromatic N) is 1. The molecule has 11 heteroatoms. The lowest BCUT2D eigenvalue weighted by Crippen LogP contribution is -2.42. The molecule has 0 saturated carbocycles. The summed E-state index contributed by atoms with van der Waals surface area (Å²) in [6, 6.07) is 0. The highest BCUT2D eigenvalue weighted by atomic mass is 31.2. The highest BCUT2D eigenvalue weighted by molar-refractivity contribution is 7.47. The number of hydrogen-bond acceptors (Lipinski definition) is 7. The highest BCUT2D eigenvalue weighted by Gasteiger charge is 2.63. The zero-order chi connectivity index (χ0) is 17.7. The van der Waals surface area contributed by atoms with E-state index in [1.165, 1.54) is 10.8 Å². The first-order valence-electron chi connectivity index (χ1n) is 7.41. The molecule has 10 nitrogen and oxygen atoms in total. The van der Waals surface area contributed by atoms with Gasteiger partial charge in [0.15, 0.2) is 6.23 Å². The van der Waals surface area contributed by atoms with Gasteiger partial charge in [-0.3, -0.25) is 23.4 Å². The molecule has 2 fully saturated rings. The SMILES string of the molecule is CC[C@]12COC(C1OP(=O)(O)OC)[C@H](n1cc(C)c(=O)[nH]c1=O)O2. The van der Waals surface area contributed by atoms with Crippen molar-refractivity contribution in [3.63, 3.8) is 0 Å². The molecule has 0 amide bonds. The van der Waals surface area contributed by atoms with Crippen LogP contribution in [0.15, 0.2) is 15.8 Å². The summed E-state index contributed by atoms with van der Waals surface area (Å²) in [6.45, 7) is 3.54. The van der Waals surface area contributed by atoms with Crippen molar-refractivity contribution in [1.82, 2.24) is 9.55 Å². The standard InChI is InChI=1S/C13H19N2O8P/c1-4-13-6-21-8(9(13)23-24(18,19)20-3)11(22-13)15-5-7(2)10(16)14-12(15)17/h5,8-9,11H,4,6H2,1-3H3,(H,18,19)(H,14,16,17)/t8?,9?,11-,13+/m1/s1. The first kappa shape index (κ1) is 17.5. The summed E-state index contributed by atoms with van der Waals surface area (Å²) in [5.41, 5.74) is -1.79. The van der Waals surface area contributed by atoms with E-state index in [4.69, 9.17) is 14.0 Å². The summed E-state index contributed by atoms with van der Waals surface area (Å²) >= 11 is 0. The molecule has 3 rings (SSSR count). The van der Waals surface area contributed by atoms with Gasteiger partial charge >= 0.3 is 13.5 Å². The van der Waals surface area contributed by atoms with Gasteiger partial charge in [0, 0.05) is 18.9 Å². The second-order valence-corrected chi connectivity index (χ2v) is 7.37. The van der Waals surface area contributed by atoms with Crippen molar-refractivity contribution in [1.29, 1.82) is 0 Å². The summed E-state index contributed by atoms with van der Waals surface area (Å²) in [4.78, 5) is 35.5. The van der Waals surface area contributed by atoms with Crippen LogP contribution in [0.25, 0.3) is 0 Å². The Morgan fingerprint density at radius 3 is 2.88 bits per heavy atom. The maximum absolute atomic E-state index is 12.1. The van der Waals surface area contributed by atoms with Crippen molar-refractivity contribution < 1.29 is 28.0 Å². The molecule has 1 aromatic heterocycles. The molecular formula is C13H19N2O8P. The number of rotatable bonds is 5. The monoisotopic (exact) mass is 362 g/mol. The Morgan fingerprint density at radius 1 is 1.54 bits per heavy atom. The number of phosphoric ester groups is 1. The van der Waals surface area contributed by atoms with E-state index in [9.17, 15) is 19.0 Å². The molecule has 134 valence electrons. The van der Waals surface area contributed by atoms with Gasteiger partial charge in [-0.05, 0) is 13.3 Å². The molecule has 0 spiro atoms. The Labute approximate surface area is 136 Å². The van der Waals surface area contributed by atoms with Crippen molar-refractivity contribution in [3.05, 3.63) is 32.6 Å². The molecule has 1 aromatic rings. The summed E-state index contributed by atoms with van der Waals surface area (Å²) in [6.07, 6.45) is -0.758. The van der Waals surface area contributed by atoms with Crippen LogP contribution >= 0.6 is 7.82 Å². The maximum Gasteiger partial charge on any atom is 0.472 e. The lowest BCUT2D eigenvalue weighted by Gasteiger charge is -2.30. The molecule has 5 atom stereocenters. The van der Waals surface area contributed by atoms with Crippen LogP contribution in [-0.2, 0) is 23.1 Å². The lowest BCUT2D eigenvalue weighted by molar-refractivity contribution is -0.175. The van der Waals surface area contributed by atoms with E-state index >= 15 is 0 Å². The fraction of sp³-hybridized carbons (Fsp3) is 0.692. The van der Waals surface area contributed by atoms with Crippen molar-refractivity contribution in [2.75, 3.05) is 13.7 Å². The fourth-order valence-corrected chi connectivity index (χ4v) is 3.75. The summed E-state index contributed by atoms with van der Waals surface area (Å²) in [7, 11) is -3.20. The number of aromatic nitrogens is 2. The smallest absolute Gasteiger partial charge is 0.368 e. The lowest BCUT2D eigenvalue weighted by atomic mass is 9.96. The van der Waals surface area contributed by atoms with E-state index in [2.05, 4.69) is 9.51 Å². The van der Waals surface area contributed by atoms with E-state index in [1.807, 2.05) is 6.92 Å². The third-order valence-electron chi connectivity index (χ3n) is 4.47. The van der Waals surface area contributed by atoms with Gasteiger partial charge < -0.3 is 14.4 Å². The van der Waals surface area contributed by atoms with Gasteiger partial charge in [-0.1, -0.05) is 6.92 Å². The minimum Gasteiger partial charge on any atom is -0.368 e. The molecule has 0 aromatic carbocycles. The molecule has 2 aliphatic rings. The van der Waals surface area contributed by atoms with Crippen LogP contribution < -0.4 is 11.2 Å². The van der Waals surface area contributed by atoms with Crippen molar-refractivity contribution in [2.24, 2.45) is 0 Å². The van der Waals surface area contributed by atoms with Crippen LogP contribution in [0, 0.1) is 6.92 Å². The predicted molar refractivity (Wildman–Crippen MR) is 80.7 cm³/mol. The Kier molecular flexibility index (Phi) is 4.31. The number of aromatic amines is 1. The third kappa shape index (κ3) is 2.69. The molecule has 2 N–H and O–H groups in total. The molecule has 2 saturated heterocycles. The third-order valence-corrected chi connectivity index (χ3v) is 5.42. The molecule has 2 bridgehead atoms. The first-order valence-corrected chi connectivity index (χ1v) is 8.91. The van der Waals surface area contributed by atoms with Crippen LogP contribution in [0.5, 0.6) is 0 Å². The van der Waals surface area contributed by atoms with Gasteiger partial charge in [-0.25, -0.2) is 9.36 Å². The van der Waals surface area contributed by atoms with Crippen LogP contribution in [0.2, 0.25) is 0 Å². The van der Waals surface area contributed by atoms with E-state index in [-0.39, 0.29) is 6.61 Å². The second kappa shape index (κ2) is 5.91. The van der Waals surface area contributed by atoms with Crippen LogP contribution in [-0.4, -0.2) is 46.0 Å². The van der Waals surface area contributed by atoms with Gasteiger partial charge in [0.2, 0.25) is 0 Å². The average molecular weight is 362 g/mol. The van der Waals surface area contributed by atoms with Crippen LogP contribution in [0.4, 0.5) is 0 Å². The van der Waals surface area contributed by atoms with E-state index < -0.39 is 43.1 Å². The number of phosphoric acid groups is 1. The molecule has 2 aliphatic heterocycles. The predicted octanol–water partition coefficient (Wildman–Crippen LogP) is 0.0534. The number of nitrogens with one attached hydrogen (secondary N) is 1. The Morgan fingerprint density at radius 2 is 2.25 bits per heavy atom. The largest absolute Gasteiger partial charge is 0.472 e. The molecule has 3 unspecified atom stereocenters. The number of ether oxygens (including phenoxy) is 2. The minimum atomic E-state index is -4.27. The first-order chi connectivity index (χ1) is 11.2. The zero-order valence-corrected chi connectivity index (χ0v) is 14.3. The van der Waals surface area contributed by atoms with Crippen molar-refractivity contribution in [2.45, 2.75) is 44.3 Å². The summed E-state index contributed by atoms with van der Waals surface area (Å²) in [5.74, 6) is 0. The molecule has 3 heterocycles. The zero-order valence-electron chi connectivity index (χ0n) is 13.4. The highest BCUT2D eigenvalue weighted by Crippen LogP contribution is 2.54. The van der Waals surface area contributed by atoms with Crippen molar-refractivity contribution >= 4 is 7.82 Å². The topological polar surface area (TPSA) is 129 Å². The van der Waals surface area contributed by atoms with Gasteiger partial charge in [0.25, 0.3) is 5.56 Å². The quantitative estimate of drug-likeness (QED) is 0.703. The average Bonchev–Trinajstić information content (AvgIpc) is 3.03. The molecule has 24 heavy (non-hydrogen) atoms. The number of fused-ring (bicyclic) bond motifs is 2. The number of hydrogen-bond donors (Lipinski definition) is 2. The Hall–Kier alpha value is -1.29. The fourth-order valence-electron chi connectivity index (χ4n) is 3.07. The Bertz CT molecular complexity index is 804. The maximum atomic E-state index is 12.1. The van der Waals surface area contributed by atoms with E-state index in [1.54, 1.807) is 6.92 Å². The number of H-pyrrole nitrogens is 1. The molecular weight excluding hydrogens is 343 g/mol. The summed E-state index contributed by atoms with van der Waals surface area (Å²) in [5, 5.41) is 0. The van der Waals surface area contributed by atoms with Gasteiger partial charge in [0.05, 0.1) is 6.61 Å². The molecule has 0 radical (unpaired) electrons. The Balaban J connectivity index is 2.00. The normalized spacial score (nSPS) is 34.4. The molecule has 0 aliphatic carbocycles. The second-order valence-electron chi connectivity index (χ2n) is 5.86. The van der Waals surface area contributed by atoms with E-state index in [0.29, 0.717) is 12.0 Å². The van der Waals surface area contributed by atoms with Crippen LogP contribution in [0.1, 0.15) is 25.1 Å². The summed E-state index contributed by atoms with van der Waals surface area (Å²) < 4.78 is 34.3. The van der Waals surface area contributed by atoms with E-state index in [0.717, 1.165) is 7.11 Å². The van der Waals surface area contributed by atoms with Gasteiger partial charge in [-0.15, -0.1) is 0 Å².